The molecule has 0 saturated carbocycles. The number of hydrogen-bond donors (Lipinski definition) is 2. The van der Waals surface area contributed by atoms with Crippen molar-refractivity contribution in [3.8, 4) is 0 Å². The molecule has 0 radical (unpaired) electrons. The van der Waals surface area contributed by atoms with E-state index in [0.717, 1.165) is 12.0 Å². The van der Waals surface area contributed by atoms with E-state index < -0.39 is 10.0 Å². The predicted molar refractivity (Wildman–Crippen MR) is 63.9 cm³/mol. The number of hydrogen-bond acceptors (Lipinski definition) is 6. The summed E-state index contributed by atoms with van der Waals surface area (Å²) in [6.07, 6.45) is 1.13. The molecule has 0 bridgehead atoms. The standard InChI is InChI=1S/C10H12N4O3S/c1-7-2-8(11)4-9(3-7)18(15,16)13-5-10-12-6-17-14-10/h2-4,6,13H,5,11H2,1H3. The van der Waals surface area contributed by atoms with Crippen LogP contribution in [0.4, 0.5) is 5.69 Å². The SMILES string of the molecule is Cc1cc(N)cc(S(=O)(=O)NCc2ncon2)c1. The molecule has 1 aromatic carbocycles. The van der Waals surface area contributed by atoms with Crippen LogP contribution in [0, 0.1) is 6.92 Å². The number of rotatable bonds is 4. The summed E-state index contributed by atoms with van der Waals surface area (Å²) in [5, 5.41) is 3.51. The van der Waals surface area contributed by atoms with Crippen molar-refractivity contribution in [1.82, 2.24) is 14.9 Å². The smallest absolute Gasteiger partial charge is 0.241 e. The summed E-state index contributed by atoms with van der Waals surface area (Å²) < 4.78 is 30.8. The molecule has 0 atom stereocenters. The highest BCUT2D eigenvalue weighted by Crippen LogP contribution is 2.16. The summed E-state index contributed by atoms with van der Waals surface area (Å²) in [6.45, 7) is 1.74. The molecule has 0 amide bonds. The third kappa shape index (κ3) is 2.84. The van der Waals surface area contributed by atoms with E-state index in [2.05, 4.69) is 19.4 Å². The van der Waals surface area contributed by atoms with Crippen LogP contribution in [-0.2, 0) is 16.6 Å². The minimum absolute atomic E-state index is 0.0350. The quantitative estimate of drug-likeness (QED) is 0.778. The summed E-state index contributed by atoms with van der Waals surface area (Å²) in [6, 6.07) is 4.62. The number of nitrogens with zero attached hydrogens (tertiary/aromatic N) is 2. The Bertz CT molecular complexity index is 617. The molecule has 18 heavy (non-hydrogen) atoms. The van der Waals surface area contributed by atoms with Crippen LogP contribution in [-0.4, -0.2) is 18.6 Å². The molecule has 2 aromatic rings. The Morgan fingerprint density at radius 3 is 2.78 bits per heavy atom. The third-order valence-corrected chi connectivity index (χ3v) is 3.59. The van der Waals surface area contributed by atoms with Crippen molar-refractivity contribution in [2.45, 2.75) is 18.4 Å². The average molecular weight is 268 g/mol. The van der Waals surface area contributed by atoms with Crippen LogP contribution < -0.4 is 10.5 Å². The minimum atomic E-state index is -3.63. The summed E-state index contributed by atoms with van der Waals surface area (Å²) >= 11 is 0. The molecule has 0 fully saturated rings. The Hall–Kier alpha value is -1.93. The first-order valence-corrected chi connectivity index (χ1v) is 6.58. The summed E-state index contributed by atoms with van der Waals surface area (Å²) in [7, 11) is -3.63. The van der Waals surface area contributed by atoms with E-state index in [1.807, 2.05) is 0 Å². The minimum Gasteiger partial charge on any atom is -0.399 e. The van der Waals surface area contributed by atoms with Gasteiger partial charge in [0.25, 0.3) is 0 Å². The lowest BCUT2D eigenvalue weighted by Crippen LogP contribution is -2.24. The van der Waals surface area contributed by atoms with Crippen molar-refractivity contribution in [2.75, 3.05) is 5.73 Å². The number of aryl methyl sites for hydroxylation is 1. The third-order valence-electron chi connectivity index (χ3n) is 2.21. The van der Waals surface area contributed by atoms with Crippen LogP contribution in [0.25, 0.3) is 0 Å². The van der Waals surface area contributed by atoms with E-state index in [1.54, 1.807) is 13.0 Å². The molecule has 0 saturated heterocycles. The molecule has 0 spiro atoms. The van der Waals surface area contributed by atoms with Crippen molar-refractivity contribution < 1.29 is 12.9 Å². The zero-order chi connectivity index (χ0) is 13.2. The lowest BCUT2D eigenvalue weighted by atomic mass is 10.2. The van der Waals surface area contributed by atoms with Gasteiger partial charge in [0.15, 0.2) is 5.82 Å². The van der Waals surface area contributed by atoms with Crippen LogP contribution in [0.1, 0.15) is 11.4 Å². The largest absolute Gasteiger partial charge is 0.399 e. The van der Waals surface area contributed by atoms with Crippen molar-refractivity contribution in [3.05, 3.63) is 36.0 Å². The van der Waals surface area contributed by atoms with Gasteiger partial charge in [-0.3, -0.25) is 0 Å². The van der Waals surface area contributed by atoms with Gasteiger partial charge in [0, 0.05) is 5.69 Å². The molecule has 2 rings (SSSR count). The van der Waals surface area contributed by atoms with Crippen molar-refractivity contribution in [3.63, 3.8) is 0 Å². The van der Waals surface area contributed by atoms with Gasteiger partial charge in [-0.2, -0.15) is 4.98 Å². The van der Waals surface area contributed by atoms with Gasteiger partial charge in [-0.15, -0.1) is 0 Å². The van der Waals surface area contributed by atoms with Crippen LogP contribution in [0.5, 0.6) is 0 Å². The number of sulfonamides is 1. The van der Waals surface area contributed by atoms with Crippen molar-refractivity contribution in [2.24, 2.45) is 0 Å². The number of nitrogens with two attached hydrogens (primary N) is 1. The first kappa shape index (κ1) is 12.5. The van der Waals surface area contributed by atoms with Gasteiger partial charge in [-0.25, -0.2) is 13.1 Å². The van der Waals surface area contributed by atoms with Crippen LogP contribution in [0.2, 0.25) is 0 Å². The summed E-state index contributed by atoms with van der Waals surface area (Å²) in [5.41, 5.74) is 6.79. The lowest BCUT2D eigenvalue weighted by Gasteiger charge is -2.06. The topological polar surface area (TPSA) is 111 Å². The average Bonchev–Trinajstić information content (AvgIpc) is 2.78. The van der Waals surface area contributed by atoms with E-state index in [9.17, 15) is 8.42 Å². The zero-order valence-electron chi connectivity index (χ0n) is 9.62. The first-order chi connectivity index (χ1) is 8.47. The Kier molecular flexibility index (Phi) is 3.30. The number of nitrogen functional groups attached to an aromatic ring is 1. The fourth-order valence-corrected chi connectivity index (χ4v) is 2.56. The molecule has 8 heteroatoms. The van der Waals surface area contributed by atoms with E-state index in [-0.39, 0.29) is 17.3 Å². The van der Waals surface area contributed by atoms with Crippen molar-refractivity contribution >= 4 is 15.7 Å². The summed E-state index contributed by atoms with van der Waals surface area (Å²) in [4.78, 5) is 3.83. The Morgan fingerprint density at radius 1 is 1.39 bits per heavy atom. The fourth-order valence-electron chi connectivity index (χ4n) is 1.44. The maximum absolute atomic E-state index is 12.0. The van der Waals surface area contributed by atoms with Gasteiger partial charge in [0.2, 0.25) is 16.4 Å². The normalized spacial score (nSPS) is 11.6. The van der Waals surface area contributed by atoms with Gasteiger partial charge in [-0.1, -0.05) is 5.16 Å². The Balaban J connectivity index is 2.20. The molecule has 0 aliphatic heterocycles. The van der Waals surface area contributed by atoms with Gasteiger partial charge in [-0.05, 0) is 30.7 Å². The molecule has 0 aliphatic rings. The maximum Gasteiger partial charge on any atom is 0.241 e. The van der Waals surface area contributed by atoms with E-state index >= 15 is 0 Å². The Morgan fingerprint density at radius 2 is 2.17 bits per heavy atom. The number of aromatic nitrogens is 2. The van der Waals surface area contributed by atoms with Gasteiger partial charge < -0.3 is 10.3 Å². The highest BCUT2D eigenvalue weighted by molar-refractivity contribution is 7.89. The number of anilines is 1. The van der Waals surface area contributed by atoms with Crippen LogP contribution in [0.15, 0.2) is 34.0 Å². The molecule has 1 aromatic heterocycles. The van der Waals surface area contributed by atoms with Crippen LogP contribution >= 0.6 is 0 Å². The highest BCUT2D eigenvalue weighted by atomic mass is 32.2. The lowest BCUT2D eigenvalue weighted by molar-refractivity contribution is 0.409. The molecular weight excluding hydrogens is 256 g/mol. The number of benzene rings is 1. The Labute approximate surface area is 104 Å². The second-order valence-electron chi connectivity index (χ2n) is 3.75. The molecular formula is C10H12N4O3S. The van der Waals surface area contributed by atoms with E-state index in [1.165, 1.54) is 12.1 Å². The first-order valence-electron chi connectivity index (χ1n) is 5.09. The monoisotopic (exact) mass is 268 g/mol. The fraction of sp³-hybridized carbons (Fsp3) is 0.200. The maximum atomic E-state index is 12.0. The van der Waals surface area contributed by atoms with E-state index in [4.69, 9.17) is 5.73 Å². The van der Waals surface area contributed by atoms with Crippen LogP contribution in [0.3, 0.4) is 0 Å². The number of nitrogens with one attached hydrogen (secondary N) is 1. The van der Waals surface area contributed by atoms with Gasteiger partial charge >= 0.3 is 0 Å². The molecule has 0 aliphatic carbocycles. The second-order valence-corrected chi connectivity index (χ2v) is 5.52. The molecule has 1 heterocycles. The van der Waals surface area contributed by atoms with Crippen molar-refractivity contribution in [1.29, 1.82) is 0 Å². The molecule has 7 nitrogen and oxygen atoms in total. The molecule has 96 valence electrons. The predicted octanol–water partition coefficient (Wildman–Crippen LogP) is 0.439. The zero-order valence-corrected chi connectivity index (χ0v) is 10.4. The highest BCUT2D eigenvalue weighted by Gasteiger charge is 2.15. The van der Waals surface area contributed by atoms with Gasteiger partial charge in [0.05, 0.1) is 11.4 Å². The van der Waals surface area contributed by atoms with E-state index in [0.29, 0.717) is 5.69 Å². The second kappa shape index (κ2) is 4.75. The molecule has 0 unspecified atom stereocenters. The molecule has 3 N–H and O–H groups in total. The summed E-state index contributed by atoms with van der Waals surface area (Å²) in [5.74, 6) is 0.263. The van der Waals surface area contributed by atoms with Gasteiger partial charge in [0.1, 0.15) is 0 Å².